The number of amides is 1. The Balaban J connectivity index is 1.31. The van der Waals surface area contributed by atoms with Crippen molar-refractivity contribution >= 4 is 17.5 Å². The van der Waals surface area contributed by atoms with E-state index in [0.717, 1.165) is 37.9 Å². The monoisotopic (exact) mass is 395 g/mol. The van der Waals surface area contributed by atoms with E-state index < -0.39 is 0 Å². The molecule has 1 fully saturated rings. The van der Waals surface area contributed by atoms with E-state index in [9.17, 15) is 4.79 Å². The average Bonchev–Trinajstić information content (AvgIpc) is 3.23. The third-order valence-electron chi connectivity index (χ3n) is 5.19. The van der Waals surface area contributed by atoms with Crippen LogP contribution in [0.1, 0.15) is 36.6 Å². The molecule has 1 saturated heterocycles. The summed E-state index contributed by atoms with van der Waals surface area (Å²) in [5, 5.41) is 4.74. The molecule has 0 radical (unpaired) electrons. The highest BCUT2D eigenvalue weighted by atomic mass is 35.5. The molecule has 1 aromatic heterocycles. The molecule has 5 nitrogen and oxygen atoms in total. The predicted molar refractivity (Wildman–Crippen MR) is 108 cm³/mol. The summed E-state index contributed by atoms with van der Waals surface area (Å²) in [6.07, 6.45) is 3.02. The molecule has 0 bridgehead atoms. The van der Waals surface area contributed by atoms with Gasteiger partial charge in [0.25, 0.3) is 0 Å². The number of aryl methyl sites for hydroxylation is 1. The Morgan fingerprint density at radius 3 is 2.64 bits per heavy atom. The van der Waals surface area contributed by atoms with Gasteiger partial charge in [0.2, 0.25) is 17.6 Å². The van der Waals surface area contributed by atoms with E-state index in [1.165, 1.54) is 5.56 Å². The number of benzene rings is 2. The lowest BCUT2D eigenvalue weighted by Gasteiger charge is -2.30. The second kappa shape index (κ2) is 8.57. The summed E-state index contributed by atoms with van der Waals surface area (Å²) < 4.78 is 5.49. The minimum Gasteiger partial charge on any atom is -0.343 e. The van der Waals surface area contributed by atoms with Gasteiger partial charge in [-0.05, 0) is 37.0 Å². The molecule has 0 spiro atoms. The molecule has 0 aliphatic carbocycles. The van der Waals surface area contributed by atoms with E-state index in [2.05, 4.69) is 22.3 Å². The van der Waals surface area contributed by atoms with Crippen LogP contribution < -0.4 is 0 Å². The van der Waals surface area contributed by atoms with Crippen LogP contribution in [0, 0.1) is 0 Å². The van der Waals surface area contributed by atoms with Gasteiger partial charge in [-0.1, -0.05) is 59.2 Å². The number of hydrogen-bond acceptors (Lipinski definition) is 4. The molecule has 0 saturated carbocycles. The van der Waals surface area contributed by atoms with Crippen molar-refractivity contribution in [2.75, 3.05) is 13.1 Å². The molecule has 3 aromatic rings. The van der Waals surface area contributed by atoms with Crippen LogP contribution in [0.15, 0.2) is 59.1 Å². The van der Waals surface area contributed by atoms with E-state index in [0.29, 0.717) is 23.2 Å². The third kappa shape index (κ3) is 4.42. The molecular formula is C22H22ClN3O2. The number of carbonyl (C=O) groups is 1. The zero-order valence-electron chi connectivity index (χ0n) is 15.6. The summed E-state index contributed by atoms with van der Waals surface area (Å²) in [6, 6.07) is 17.5. The molecule has 1 amide bonds. The van der Waals surface area contributed by atoms with Crippen LogP contribution in [-0.4, -0.2) is 34.0 Å². The summed E-state index contributed by atoms with van der Waals surface area (Å²) in [5.41, 5.74) is 2.04. The fourth-order valence-electron chi connectivity index (χ4n) is 3.58. The maximum absolute atomic E-state index is 12.5. The second-order valence-electron chi connectivity index (χ2n) is 7.11. The van der Waals surface area contributed by atoms with Gasteiger partial charge in [0.1, 0.15) is 0 Å². The van der Waals surface area contributed by atoms with Crippen LogP contribution in [0.4, 0.5) is 0 Å². The largest absolute Gasteiger partial charge is 0.343 e. The Hall–Kier alpha value is -2.66. The van der Waals surface area contributed by atoms with Gasteiger partial charge < -0.3 is 9.42 Å². The Kier molecular flexibility index (Phi) is 5.72. The van der Waals surface area contributed by atoms with Gasteiger partial charge >= 0.3 is 0 Å². The van der Waals surface area contributed by atoms with Crippen molar-refractivity contribution in [1.82, 2.24) is 15.0 Å². The Morgan fingerprint density at radius 1 is 1.11 bits per heavy atom. The van der Waals surface area contributed by atoms with Crippen LogP contribution >= 0.6 is 11.6 Å². The van der Waals surface area contributed by atoms with Gasteiger partial charge in [-0.15, -0.1) is 0 Å². The summed E-state index contributed by atoms with van der Waals surface area (Å²) in [6.45, 7) is 1.46. The summed E-state index contributed by atoms with van der Waals surface area (Å²) in [7, 11) is 0. The number of halogens is 1. The van der Waals surface area contributed by atoms with Gasteiger partial charge in [-0.2, -0.15) is 4.98 Å². The molecule has 1 aliphatic heterocycles. The lowest BCUT2D eigenvalue weighted by Crippen LogP contribution is -2.38. The molecule has 2 heterocycles. The van der Waals surface area contributed by atoms with Gasteiger partial charge in [0.15, 0.2) is 0 Å². The Labute approximate surface area is 169 Å². The SMILES string of the molecule is O=C(CCc1ccccc1)N1CCC(c2nc(-c3cccc(Cl)c3)no2)CC1. The lowest BCUT2D eigenvalue weighted by atomic mass is 9.96. The second-order valence-corrected chi connectivity index (χ2v) is 7.54. The number of nitrogens with zero attached hydrogens (tertiary/aromatic N) is 3. The van der Waals surface area contributed by atoms with Gasteiger partial charge in [-0.25, -0.2) is 0 Å². The predicted octanol–water partition coefficient (Wildman–Crippen LogP) is 4.73. The van der Waals surface area contributed by atoms with Gasteiger partial charge in [0, 0.05) is 36.0 Å². The smallest absolute Gasteiger partial charge is 0.230 e. The van der Waals surface area contributed by atoms with E-state index in [1.807, 2.05) is 47.4 Å². The van der Waals surface area contributed by atoms with Crippen LogP contribution in [-0.2, 0) is 11.2 Å². The summed E-state index contributed by atoms with van der Waals surface area (Å²) in [4.78, 5) is 19.0. The minimum absolute atomic E-state index is 0.193. The van der Waals surface area contributed by atoms with Crippen molar-refractivity contribution in [3.8, 4) is 11.4 Å². The Morgan fingerprint density at radius 2 is 1.89 bits per heavy atom. The van der Waals surface area contributed by atoms with Gasteiger partial charge in [0.05, 0.1) is 0 Å². The molecule has 1 aliphatic rings. The lowest BCUT2D eigenvalue weighted by molar-refractivity contribution is -0.132. The fraction of sp³-hybridized carbons (Fsp3) is 0.318. The number of piperidine rings is 1. The molecule has 6 heteroatoms. The fourth-order valence-corrected chi connectivity index (χ4v) is 3.77. The third-order valence-corrected chi connectivity index (χ3v) is 5.43. The van der Waals surface area contributed by atoms with Crippen molar-refractivity contribution in [3.63, 3.8) is 0 Å². The first kappa shape index (κ1) is 18.7. The molecule has 144 valence electrons. The van der Waals surface area contributed by atoms with Crippen molar-refractivity contribution < 1.29 is 9.32 Å². The number of likely N-dealkylation sites (tertiary alicyclic amines) is 1. The molecule has 0 N–H and O–H groups in total. The highest BCUT2D eigenvalue weighted by molar-refractivity contribution is 6.30. The number of rotatable bonds is 5. The normalized spacial score (nSPS) is 15.0. The van der Waals surface area contributed by atoms with Crippen LogP contribution in [0.25, 0.3) is 11.4 Å². The van der Waals surface area contributed by atoms with E-state index in [1.54, 1.807) is 0 Å². The average molecular weight is 396 g/mol. The van der Waals surface area contributed by atoms with E-state index in [-0.39, 0.29) is 11.8 Å². The highest BCUT2D eigenvalue weighted by Crippen LogP contribution is 2.29. The van der Waals surface area contributed by atoms with E-state index in [4.69, 9.17) is 16.1 Å². The first-order valence-corrected chi connectivity index (χ1v) is 9.98. The van der Waals surface area contributed by atoms with Crippen molar-refractivity contribution in [2.45, 2.75) is 31.6 Å². The highest BCUT2D eigenvalue weighted by Gasteiger charge is 2.27. The van der Waals surface area contributed by atoms with Crippen LogP contribution in [0.2, 0.25) is 5.02 Å². The maximum Gasteiger partial charge on any atom is 0.230 e. The molecule has 0 atom stereocenters. The first-order chi connectivity index (χ1) is 13.7. The van der Waals surface area contributed by atoms with Crippen LogP contribution in [0.5, 0.6) is 0 Å². The van der Waals surface area contributed by atoms with Crippen molar-refractivity contribution in [3.05, 3.63) is 71.1 Å². The zero-order valence-corrected chi connectivity index (χ0v) is 16.3. The van der Waals surface area contributed by atoms with Gasteiger partial charge in [-0.3, -0.25) is 4.79 Å². The zero-order chi connectivity index (χ0) is 19.3. The summed E-state index contributed by atoms with van der Waals surface area (Å²) >= 11 is 6.04. The number of hydrogen-bond donors (Lipinski definition) is 0. The number of aromatic nitrogens is 2. The minimum atomic E-state index is 0.193. The number of carbonyl (C=O) groups excluding carboxylic acids is 1. The quantitative estimate of drug-likeness (QED) is 0.626. The first-order valence-electron chi connectivity index (χ1n) is 9.60. The molecule has 0 unspecified atom stereocenters. The standard InChI is InChI=1S/C22H22ClN3O2/c23-19-8-4-7-18(15-19)21-24-22(28-25-21)17-11-13-26(14-12-17)20(27)10-9-16-5-2-1-3-6-16/h1-8,15,17H,9-14H2. The van der Waals surface area contributed by atoms with Crippen molar-refractivity contribution in [1.29, 1.82) is 0 Å². The molecule has 28 heavy (non-hydrogen) atoms. The topological polar surface area (TPSA) is 59.2 Å². The van der Waals surface area contributed by atoms with Crippen LogP contribution in [0.3, 0.4) is 0 Å². The maximum atomic E-state index is 12.5. The Bertz CT molecular complexity index is 934. The summed E-state index contributed by atoms with van der Waals surface area (Å²) in [5.74, 6) is 1.61. The van der Waals surface area contributed by atoms with E-state index >= 15 is 0 Å². The molecule has 2 aromatic carbocycles. The molecule has 4 rings (SSSR count). The van der Waals surface area contributed by atoms with Crippen molar-refractivity contribution in [2.24, 2.45) is 0 Å². The molecular weight excluding hydrogens is 374 g/mol.